The second-order valence-corrected chi connectivity index (χ2v) is 17.3. The Kier molecular flexibility index (Phi) is 11.7. The second-order valence-electron chi connectivity index (χ2n) is 14.5. The SMILES string of the molecule is CC(C)Cc1cc(-c2oc3cc(O)cc(O[C@H]4CC[C@@H](O)C5(CCCCC5)SSCCC[C@H]4O)c3c(=O)c2O)cc(Cc2cccc(O)c2)c1O. The number of rotatable bonds is 7. The molecular formula is C40H48O9S2. The van der Waals surface area contributed by atoms with Crippen molar-refractivity contribution in [1.82, 2.24) is 0 Å². The lowest BCUT2D eigenvalue weighted by Crippen LogP contribution is -2.42. The van der Waals surface area contributed by atoms with Crippen LogP contribution < -0.4 is 10.2 Å². The Balaban J connectivity index is 1.37. The fourth-order valence-corrected chi connectivity index (χ4v) is 10.9. The van der Waals surface area contributed by atoms with Gasteiger partial charge in [-0.15, -0.1) is 0 Å². The molecular weight excluding hydrogens is 689 g/mol. The Morgan fingerprint density at radius 1 is 0.882 bits per heavy atom. The number of hydrogen-bond donors (Lipinski definition) is 6. The van der Waals surface area contributed by atoms with E-state index in [9.17, 15) is 35.4 Å². The van der Waals surface area contributed by atoms with Crippen molar-refractivity contribution in [2.45, 2.75) is 108 Å². The topological polar surface area (TPSA) is 161 Å². The van der Waals surface area contributed by atoms with Gasteiger partial charge in [0, 0.05) is 29.9 Å². The van der Waals surface area contributed by atoms with E-state index in [0.717, 1.165) is 49.8 Å². The van der Waals surface area contributed by atoms with Gasteiger partial charge in [-0.1, -0.05) is 66.8 Å². The van der Waals surface area contributed by atoms with Crippen molar-refractivity contribution in [2.75, 3.05) is 5.75 Å². The molecule has 1 saturated heterocycles. The molecule has 3 aromatic carbocycles. The number of fused-ring (bicyclic) bond motifs is 1. The zero-order valence-corrected chi connectivity index (χ0v) is 30.8. The zero-order chi connectivity index (χ0) is 36.3. The maximum Gasteiger partial charge on any atom is 0.238 e. The number of phenols is 3. The minimum Gasteiger partial charge on any atom is -0.508 e. The molecule has 51 heavy (non-hydrogen) atoms. The quantitative estimate of drug-likeness (QED) is 0.102. The number of aromatic hydroxyl groups is 4. The Labute approximate surface area is 306 Å². The van der Waals surface area contributed by atoms with Crippen molar-refractivity contribution < 1.29 is 39.8 Å². The van der Waals surface area contributed by atoms with E-state index >= 15 is 0 Å². The van der Waals surface area contributed by atoms with Crippen LogP contribution in [0.3, 0.4) is 0 Å². The van der Waals surface area contributed by atoms with Crippen LogP contribution in [0.15, 0.2) is 57.7 Å². The standard InChI is InChI=1S/C40H48O9S2/c1-23(2)16-25-19-27(20-26(36(25)45)17-24-8-6-9-28(41)18-24)39-38(47)37(46)35-32(21-29(42)22-33(35)49-39)48-31-11-12-34(44)40(13-4-3-5-14-40)51-50-15-7-10-30(31)43/h6,8-9,18-23,30-31,34,41-45,47H,3-5,7,10-17H2,1-2H3/t30-,31+,34-/m1/s1. The van der Waals surface area contributed by atoms with Gasteiger partial charge in [0.15, 0.2) is 5.76 Å². The first-order chi connectivity index (χ1) is 24.4. The zero-order valence-electron chi connectivity index (χ0n) is 29.1. The molecule has 1 saturated carbocycles. The summed E-state index contributed by atoms with van der Waals surface area (Å²) in [5.74, 6) is 0.146. The number of aliphatic hydroxyl groups excluding tert-OH is 2. The van der Waals surface area contributed by atoms with Gasteiger partial charge in [0.2, 0.25) is 11.2 Å². The number of aliphatic hydroxyl groups is 2. The molecule has 2 heterocycles. The fraction of sp³-hybridized carbons (Fsp3) is 0.475. The van der Waals surface area contributed by atoms with Crippen molar-refractivity contribution >= 4 is 32.6 Å². The van der Waals surface area contributed by atoms with E-state index in [4.69, 9.17) is 9.15 Å². The van der Waals surface area contributed by atoms with Gasteiger partial charge in [-0.05, 0) is 91.8 Å². The normalized spacial score (nSPS) is 21.5. The lowest BCUT2D eigenvalue weighted by Gasteiger charge is -2.40. The van der Waals surface area contributed by atoms with Crippen LogP contribution in [-0.2, 0) is 12.8 Å². The maximum absolute atomic E-state index is 14.0. The number of ether oxygens (including phenoxy) is 1. The van der Waals surface area contributed by atoms with Crippen LogP contribution in [0.25, 0.3) is 22.3 Å². The van der Waals surface area contributed by atoms with Crippen LogP contribution in [0.2, 0.25) is 0 Å². The van der Waals surface area contributed by atoms with Crippen molar-refractivity contribution in [3.05, 3.63) is 75.4 Å². The highest BCUT2D eigenvalue weighted by Gasteiger charge is 2.41. The molecule has 11 heteroatoms. The van der Waals surface area contributed by atoms with E-state index in [0.29, 0.717) is 42.4 Å². The van der Waals surface area contributed by atoms with Gasteiger partial charge in [-0.25, -0.2) is 0 Å². The molecule has 274 valence electrons. The molecule has 2 aliphatic rings. The van der Waals surface area contributed by atoms with Crippen LogP contribution in [0.5, 0.6) is 28.7 Å². The number of hydrogen-bond acceptors (Lipinski definition) is 11. The minimum absolute atomic E-state index is 0.0176. The summed E-state index contributed by atoms with van der Waals surface area (Å²) in [7, 11) is 3.54. The predicted octanol–water partition coefficient (Wildman–Crippen LogP) is 8.20. The van der Waals surface area contributed by atoms with Crippen LogP contribution in [0.4, 0.5) is 0 Å². The van der Waals surface area contributed by atoms with Gasteiger partial charge in [0.1, 0.15) is 40.1 Å². The average Bonchev–Trinajstić information content (AvgIpc) is 3.11. The van der Waals surface area contributed by atoms with Gasteiger partial charge in [0.05, 0.1) is 17.0 Å². The molecule has 3 atom stereocenters. The van der Waals surface area contributed by atoms with Gasteiger partial charge in [-0.2, -0.15) is 0 Å². The highest BCUT2D eigenvalue weighted by atomic mass is 33.1. The summed E-state index contributed by atoms with van der Waals surface area (Å²) in [5.41, 5.74) is 1.46. The molecule has 0 amide bonds. The average molecular weight is 737 g/mol. The first-order valence-electron chi connectivity index (χ1n) is 17.9. The largest absolute Gasteiger partial charge is 0.508 e. The summed E-state index contributed by atoms with van der Waals surface area (Å²) >= 11 is 0. The van der Waals surface area contributed by atoms with E-state index < -0.39 is 29.5 Å². The highest BCUT2D eigenvalue weighted by Crippen LogP contribution is 2.50. The molecule has 0 unspecified atom stereocenters. The molecule has 1 spiro atoms. The van der Waals surface area contributed by atoms with Crippen molar-refractivity contribution in [3.8, 4) is 40.1 Å². The molecule has 1 aromatic heterocycles. The lowest BCUT2D eigenvalue weighted by molar-refractivity contribution is 0.0118. The van der Waals surface area contributed by atoms with Gasteiger partial charge >= 0.3 is 0 Å². The number of phenolic OH excluding ortho intramolecular Hbond substituents is 3. The molecule has 6 rings (SSSR count). The van der Waals surface area contributed by atoms with E-state index in [1.165, 1.54) is 12.1 Å². The summed E-state index contributed by atoms with van der Waals surface area (Å²) in [4.78, 5) is 14.0. The molecule has 0 bridgehead atoms. The maximum atomic E-state index is 14.0. The Hall–Kier alpha value is -3.51. The Morgan fingerprint density at radius 2 is 1.65 bits per heavy atom. The molecule has 9 nitrogen and oxygen atoms in total. The van der Waals surface area contributed by atoms with E-state index in [1.807, 2.05) is 19.9 Å². The first kappa shape index (κ1) is 37.3. The third-order valence-corrected chi connectivity index (χ3v) is 13.5. The smallest absolute Gasteiger partial charge is 0.238 e. The second kappa shape index (κ2) is 16.0. The van der Waals surface area contributed by atoms with Crippen molar-refractivity contribution in [3.63, 3.8) is 0 Å². The molecule has 1 aliphatic heterocycles. The molecule has 4 aromatic rings. The van der Waals surface area contributed by atoms with Gasteiger partial charge in [-0.3, -0.25) is 4.79 Å². The third-order valence-electron chi connectivity index (χ3n) is 10.1. The van der Waals surface area contributed by atoms with Crippen LogP contribution in [-0.4, -0.2) is 59.5 Å². The van der Waals surface area contributed by atoms with Gasteiger partial charge < -0.3 is 39.8 Å². The highest BCUT2D eigenvalue weighted by molar-refractivity contribution is 8.77. The van der Waals surface area contributed by atoms with Crippen LogP contribution >= 0.6 is 21.6 Å². The first-order valence-corrected chi connectivity index (χ1v) is 20.2. The van der Waals surface area contributed by atoms with Crippen molar-refractivity contribution in [2.24, 2.45) is 5.92 Å². The lowest BCUT2D eigenvalue weighted by atomic mass is 9.82. The molecule has 0 radical (unpaired) electrons. The minimum atomic E-state index is -0.887. The molecule has 2 fully saturated rings. The summed E-state index contributed by atoms with van der Waals surface area (Å²) in [6.45, 7) is 4.03. The summed E-state index contributed by atoms with van der Waals surface area (Å²) < 4.78 is 12.3. The van der Waals surface area contributed by atoms with Gasteiger partial charge in [0.25, 0.3) is 0 Å². The number of benzene rings is 3. The Morgan fingerprint density at radius 3 is 2.39 bits per heavy atom. The monoisotopic (exact) mass is 736 g/mol. The van der Waals surface area contributed by atoms with Crippen LogP contribution in [0.1, 0.15) is 88.3 Å². The predicted molar refractivity (Wildman–Crippen MR) is 203 cm³/mol. The molecule has 1 aliphatic carbocycles. The van der Waals surface area contributed by atoms with Crippen molar-refractivity contribution in [1.29, 1.82) is 0 Å². The fourth-order valence-electron chi connectivity index (χ4n) is 7.45. The van der Waals surface area contributed by atoms with E-state index in [2.05, 4.69) is 0 Å². The van der Waals surface area contributed by atoms with E-state index in [-0.39, 0.29) is 56.8 Å². The molecule has 6 N–H and O–H groups in total. The summed E-state index contributed by atoms with van der Waals surface area (Å²) in [6.07, 6.45) is 5.67. The van der Waals surface area contributed by atoms with Crippen LogP contribution in [0, 0.1) is 5.92 Å². The Bertz CT molecular complexity index is 1900. The third kappa shape index (κ3) is 8.43. The van der Waals surface area contributed by atoms with E-state index in [1.54, 1.807) is 51.9 Å². The summed E-state index contributed by atoms with van der Waals surface area (Å²) in [6, 6.07) is 12.6. The summed E-state index contributed by atoms with van der Waals surface area (Å²) in [5, 5.41) is 66.2.